The molecule has 2 heteroatoms. The van der Waals surface area contributed by atoms with E-state index in [-0.39, 0.29) is 5.75 Å². The lowest BCUT2D eigenvalue weighted by Crippen LogP contribution is -1.60. The molecule has 0 spiro atoms. The zero-order valence-electron chi connectivity index (χ0n) is 6.01. The Kier molecular flexibility index (Phi) is 2.93. The number of hydrogen-bond donors (Lipinski definition) is 1. The highest BCUT2D eigenvalue weighted by atomic mass is 16.3. The third-order valence-electron chi connectivity index (χ3n) is 1.09. The third kappa shape index (κ3) is 3.20. The van der Waals surface area contributed by atoms with Crippen LogP contribution in [0.3, 0.4) is 0 Å². The van der Waals surface area contributed by atoms with Crippen LogP contribution in [-0.2, 0) is 0 Å². The molecule has 0 aliphatic carbocycles. The molecule has 0 saturated carbocycles. The molecular weight excluding hydrogens is 138 g/mol. The molecule has 0 amide bonds. The van der Waals surface area contributed by atoms with Gasteiger partial charge >= 0.3 is 0 Å². The Bertz CT molecular complexity index is 247. The lowest BCUT2D eigenvalue weighted by Gasteiger charge is -1.79. The van der Waals surface area contributed by atoms with E-state index in [9.17, 15) is 0 Å². The Balaban J connectivity index is 3.11. The Morgan fingerprint density at radius 3 is 2.64 bits per heavy atom. The smallest absolute Gasteiger partial charge is 0.133 e. The summed E-state index contributed by atoms with van der Waals surface area (Å²) < 4.78 is 0. The average molecular weight is 147 g/mol. The van der Waals surface area contributed by atoms with Crippen molar-refractivity contribution >= 4 is 0 Å². The van der Waals surface area contributed by atoms with Crippen LogP contribution >= 0.6 is 0 Å². The molecule has 0 aliphatic heterocycles. The van der Waals surface area contributed by atoms with E-state index in [1.165, 1.54) is 6.20 Å². The predicted molar refractivity (Wildman–Crippen MR) is 43.5 cm³/mol. The van der Waals surface area contributed by atoms with E-state index < -0.39 is 0 Å². The molecule has 2 nitrogen and oxygen atoms in total. The molecule has 1 heterocycles. The zero-order chi connectivity index (χ0) is 7.94. The highest BCUT2D eigenvalue weighted by Crippen LogP contribution is 1.98. The van der Waals surface area contributed by atoms with Crippen LogP contribution in [-0.4, -0.2) is 10.1 Å². The molecule has 56 valence electrons. The number of hydrogen-bond acceptors (Lipinski definition) is 2. The highest BCUT2D eigenvalue weighted by molar-refractivity contribution is 5.11. The Morgan fingerprint density at radius 1 is 1.00 bits per heavy atom. The molecule has 0 fully saturated rings. The second kappa shape index (κ2) is 4.28. The molecule has 0 saturated heterocycles. The number of rotatable bonds is 0. The van der Waals surface area contributed by atoms with Gasteiger partial charge in [0.1, 0.15) is 5.75 Å². The maximum absolute atomic E-state index is 9.03. The van der Waals surface area contributed by atoms with Crippen molar-refractivity contribution in [2.24, 2.45) is 0 Å². The monoisotopic (exact) mass is 147 g/mol. The summed E-state index contributed by atoms with van der Waals surface area (Å²) in [5, 5.41) is 9.03. The van der Waals surface area contributed by atoms with E-state index in [2.05, 4.69) is 4.98 Å². The van der Waals surface area contributed by atoms with Gasteiger partial charge in [-0.1, -0.05) is 24.3 Å². The molecule has 1 N–H and O–H groups in total. The van der Waals surface area contributed by atoms with E-state index >= 15 is 0 Å². The largest absolute Gasteiger partial charge is 0.506 e. The summed E-state index contributed by atoms with van der Waals surface area (Å²) in [6, 6.07) is 10.7. The summed E-state index contributed by atoms with van der Waals surface area (Å²) in [5.41, 5.74) is 0. The minimum atomic E-state index is 0.154. The van der Waals surface area contributed by atoms with Crippen LogP contribution in [0.1, 0.15) is 0 Å². The quantitative estimate of drug-likeness (QED) is 0.608. The first-order valence-corrected chi connectivity index (χ1v) is 3.32. The molecule has 0 bridgehead atoms. The standard InChI is InChI=1S/C9H9NO/c11-9-6-4-2-1-3-5-7-10-8-9/h1-8,11H. The Labute approximate surface area is 65.5 Å². The minimum absolute atomic E-state index is 0.154. The van der Waals surface area contributed by atoms with Crippen molar-refractivity contribution in [2.45, 2.75) is 0 Å². The Hall–Kier alpha value is -1.57. The zero-order valence-corrected chi connectivity index (χ0v) is 6.01. The highest BCUT2D eigenvalue weighted by Gasteiger charge is 1.73. The van der Waals surface area contributed by atoms with Crippen molar-refractivity contribution in [3.05, 3.63) is 48.8 Å². The molecule has 1 aromatic rings. The third-order valence-corrected chi connectivity index (χ3v) is 1.09. The van der Waals surface area contributed by atoms with Crippen LogP contribution in [0.5, 0.6) is 5.75 Å². The van der Waals surface area contributed by atoms with Crippen molar-refractivity contribution in [3.8, 4) is 5.75 Å². The molecule has 1 aromatic heterocycles. The first-order chi connectivity index (χ1) is 5.39. The second-order valence-corrected chi connectivity index (χ2v) is 1.98. The predicted octanol–water partition coefficient (Wildman–Crippen LogP) is 1.91. The van der Waals surface area contributed by atoms with Gasteiger partial charge in [0.2, 0.25) is 0 Å². The van der Waals surface area contributed by atoms with Gasteiger partial charge in [-0.15, -0.1) is 0 Å². The summed E-state index contributed by atoms with van der Waals surface area (Å²) in [7, 11) is 0. The van der Waals surface area contributed by atoms with Gasteiger partial charge in [0.05, 0.1) is 6.20 Å². The van der Waals surface area contributed by atoms with E-state index in [0.29, 0.717) is 0 Å². The normalized spacial score (nSPS) is 8.36. The van der Waals surface area contributed by atoms with Crippen molar-refractivity contribution in [3.63, 3.8) is 0 Å². The fourth-order valence-corrected chi connectivity index (χ4v) is 0.608. The van der Waals surface area contributed by atoms with Gasteiger partial charge in [-0.25, -0.2) is 0 Å². The van der Waals surface area contributed by atoms with E-state index in [1.54, 1.807) is 24.4 Å². The molecule has 0 unspecified atom stereocenters. The van der Waals surface area contributed by atoms with Gasteiger partial charge in [0, 0.05) is 6.20 Å². The van der Waals surface area contributed by atoms with Crippen LogP contribution in [0.25, 0.3) is 0 Å². The molecule has 0 radical (unpaired) electrons. The topological polar surface area (TPSA) is 33.1 Å². The summed E-state index contributed by atoms with van der Waals surface area (Å²) in [4.78, 5) is 3.80. The minimum Gasteiger partial charge on any atom is -0.506 e. The van der Waals surface area contributed by atoms with E-state index in [1.807, 2.05) is 18.2 Å². The van der Waals surface area contributed by atoms with Gasteiger partial charge in [-0.05, 0) is 12.1 Å². The molecule has 0 aliphatic rings. The Morgan fingerprint density at radius 2 is 1.73 bits per heavy atom. The van der Waals surface area contributed by atoms with Crippen LogP contribution in [0, 0.1) is 0 Å². The van der Waals surface area contributed by atoms with E-state index in [0.717, 1.165) is 0 Å². The molecular formula is C9H9NO. The fourth-order valence-electron chi connectivity index (χ4n) is 0.608. The average Bonchev–Trinajstić information content (AvgIpc) is 2.03. The van der Waals surface area contributed by atoms with Gasteiger partial charge in [-0.3, -0.25) is 4.98 Å². The first kappa shape index (κ1) is 7.54. The SMILES string of the molecule is Oc1cccccccnc1. The summed E-state index contributed by atoms with van der Waals surface area (Å²) in [6.07, 6.45) is 3.00. The first-order valence-electron chi connectivity index (χ1n) is 3.32. The van der Waals surface area contributed by atoms with Gasteiger partial charge in [0.15, 0.2) is 0 Å². The fraction of sp³-hybridized carbons (Fsp3) is 0. The molecule has 1 rings (SSSR count). The lowest BCUT2D eigenvalue weighted by molar-refractivity contribution is 0.473. The van der Waals surface area contributed by atoms with E-state index in [4.69, 9.17) is 5.11 Å². The summed E-state index contributed by atoms with van der Waals surface area (Å²) in [6.45, 7) is 0. The van der Waals surface area contributed by atoms with Crippen molar-refractivity contribution in [2.75, 3.05) is 0 Å². The number of nitrogens with zero attached hydrogens (tertiary/aromatic N) is 1. The summed E-state index contributed by atoms with van der Waals surface area (Å²) >= 11 is 0. The van der Waals surface area contributed by atoms with Crippen LogP contribution in [0.2, 0.25) is 0 Å². The van der Waals surface area contributed by atoms with Crippen molar-refractivity contribution in [1.29, 1.82) is 0 Å². The molecule has 0 aromatic carbocycles. The van der Waals surface area contributed by atoms with Crippen LogP contribution < -0.4 is 0 Å². The van der Waals surface area contributed by atoms with Gasteiger partial charge in [0.25, 0.3) is 0 Å². The van der Waals surface area contributed by atoms with Crippen molar-refractivity contribution < 1.29 is 5.11 Å². The van der Waals surface area contributed by atoms with Crippen LogP contribution in [0.4, 0.5) is 0 Å². The second-order valence-electron chi connectivity index (χ2n) is 1.98. The number of aromatic hydroxyl groups is 1. The maximum Gasteiger partial charge on any atom is 0.133 e. The van der Waals surface area contributed by atoms with Crippen molar-refractivity contribution in [1.82, 2.24) is 4.98 Å². The van der Waals surface area contributed by atoms with Gasteiger partial charge in [-0.2, -0.15) is 0 Å². The lowest BCUT2D eigenvalue weighted by atomic mass is 10.4. The molecule has 11 heavy (non-hydrogen) atoms. The summed E-state index contributed by atoms with van der Waals surface area (Å²) in [5.74, 6) is 0.154. The number of aromatic nitrogens is 1. The molecule has 0 atom stereocenters. The van der Waals surface area contributed by atoms with Crippen LogP contribution in [0.15, 0.2) is 48.8 Å². The maximum atomic E-state index is 9.03. The van der Waals surface area contributed by atoms with Gasteiger partial charge < -0.3 is 5.11 Å².